The third-order valence-corrected chi connectivity index (χ3v) is 6.29. The number of aromatic nitrogens is 1. The Kier molecular flexibility index (Phi) is 5.25. The van der Waals surface area contributed by atoms with Gasteiger partial charge in [0.1, 0.15) is 9.88 Å². The minimum Gasteiger partial charge on any atom is -0.350 e. The standard InChI is InChI=1S/C18H16N2O3S2/c21-17(16-13-20-18(24-16)14-7-3-1-4-8-14)19-11-12-25(22,23)15-9-5-2-6-10-15/h1-10,13H,11-12H2,(H,19,21). The summed E-state index contributed by atoms with van der Waals surface area (Å²) >= 11 is 1.28. The number of thiazole rings is 1. The molecule has 0 aliphatic heterocycles. The maximum atomic E-state index is 12.2. The van der Waals surface area contributed by atoms with Gasteiger partial charge >= 0.3 is 0 Å². The number of benzene rings is 2. The number of rotatable bonds is 6. The fourth-order valence-corrected chi connectivity index (χ4v) is 4.24. The van der Waals surface area contributed by atoms with Crippen molar-refractivity contribution >= 4 is 27.1 Å². The second-order valence-corrected chi connectivity index (χ2v) is 8.42. The lowest BCUT2D eigenvalue weighted by Crippen LogP contribution is -2.28. The highest BCUT2D eigenvalue weighted by Gasteiger charge is 2.16. The summed E-state index contributed by atoms with van der Waals surface area (Å²) in [6.45, 7) is 0.0502. The first kappa shape index (κ1) is 17.3. The summed E-state index contributed by atoms with van der Waals surface area (Å²) in [7, 11) is -3.40. The summed E-state index contributed by atoms with van der Waals surface area (Å²) in [5.41, 5.74) is 0.943. The van der Waals surface area contributed by atoms with Gasteiger partial charge in [-0.05, 0) is 12.1 Å². The van der Waals surface area contributed by atoms with Crippen LogP contribution >= 0.6 is 11.3 Å². The monoisotopic (exact) mass is 372 g/mol. The average molecular weight is 372 g/mol. The van der Waals surface area contributed by atoms with Crippen molar-refractivity contribution in [1.29, 1.82) is 0 Å². The fourth-order valence-electron chi connectivity index (χ4n) is 2.23. The van der Waals surface area contributed by atoms with Crippen molar-refractivity contribution in [3.8, 4) is 10.6 Å². The van der Waals surface area contributed by atoms with Crippen LogP contribution in [0.2, 0.25) is 0 Å². The quantitative estimate of drug-likeness (QED) is 0.722. The Morgan fingerprint density at radius 1 is 1.00 bits per heavy atom. The van der Waals surface area contributed by atoms with Crippen LogP contribution in [0.5, 0.6) is 0 Å². The highest BCUT2D eigenvalue weighted by Crippen LogP contribution is 2.24. The molecule has 0 aliphatic carbocycles. The van der Waals surface area contributed by atoms with Gasteiger partial charge in [0, 0.05) is 12.1 Å². The number of amides is 1. The molecule has 0 fully saturated rings. The van der Waals surface area contributed by atoms with Crippen molar-refractivity contribution in [2.45, 2.75) is 4.90 Å². The zero-order valence-corrected chi connectivity index (χ0v) is 14.9. The minimum absolute atomic E-state index is 0.0502. The van der Waals surface area contributed by atoms with Crippen LogP contribution in [0.3, 0.4) is 0 Å². The number of hydrogen-bond acceptors (Lipinski definition) is 5. The van der Waals surface area contributed by atoms with Gasteiger partial charge in [-0.2, -0.15) is 0 Å². The molecule has 25 heavy (non-hydrogen) atoms. The molecule has 0 aliphatic rings. The van der Waals surface area contributed by atoms with Crippen LogP contribution in [0, 0.1) is 0 Å². The van der Waals surface area contributed by atoms with Gasteiger partial charge in [-0.25, -0.2) is 13.4 Å². The Labute approximate surface area is 150 Å². The largest absolute Gasteiger partial charge is 0.350 e. The molecule has 0 saturated carbocycles. The van der Waals surface area contributed by atoms with Gasteiger partial charge in [0.15, 0.2) is 9.84 Å². The first-order valence-corrected chi connectivity index (χ1v) is 10.1. The van der Waals surface area contributed by atoms with Gasteiger partial charge in [-0.1, -0.05) is 48.5 Å². The summed E-state index contributed by atoms with van der Waals surface area (Å²) in [6.07, 6.45) is 1.51. The molecular weight excluding hydrogens is 356 g/mol. The summed E-state index contributed by atoms with van der Waals surface area (Å²) in [5, 5.41) is 3.39. The van der Waals surface area contributed by atoms with E-state index in [9.17, 15) is 13.2 Å². The van der Waals surface area contributed by atoms with Crippen molar-refractivity contribution in [1.82, 2.24) is 10.3 Å². The Hall–Kier alpha value is -2.51. The molecule has 1 N–H and O–H groups in total. The predicted molar refractivity (Wildman–Crippen MR) is 98.4 cm³/mol. The minimum atomic E-state index is -3.40. The van der Waals surface area contributed by atoms with E-state index >= 15 is 0 Å². The molecule has 0 unspecified atom stereocenters. The van der Waals surface area contributed by atoms with Crippen molar-refractivity contribution in [3.63, 3.8) is 0 Å². The molecule has 0 spiro atoms. The Morgan fingerprint density at radius 2 is 1.64 bits per heavy atom. The van der Waals surface area contributed by atoms with E-state index in [0.29, 0.717) is 4.88 Å². The molecule has 3 aromatic rings. The molecule has 1 amide bonds. The van der Waals surface area contributed by atoms with Crippen LogP contribution in [0.1, 0.15) is 9.67 Å². The molecule has 7 heteroatoms. The predicted octanol–water partition coefficient (Wildman–Crippen LogP) is 3.01. The molecular formula is C18H16N2O3S2. The van der Waals surface area contributed by atoms with Crippen LogP contribution in [-0.4, -0.2) is 31.6 Å². The normalized spacial score (nSPS) is 11.2. The number of nitrogens with zero attached hydrogens (tertiary/aromatic N) is 1. The Balaban J connectivity index is 1.59. The van der Waals surface area contributed by atoms with Crippen molar-refractivity contribution in [2.75, 3.05) is 12.3 Å². The fraction of sp³-hybridized carbons (Fsp3) is 0.111. The molecule has 128 valence electrons. The summed E-state index contributed by atoms with van der Waals surface area (Å²) in [4.78, 5) is 17.1. The highest BCUT2D eigenvalue weighted by atomic mass is 32.2. The maximum Gasteiger partial charge on any atom is 0.263 e. The van der Waals surface area contributed by atoms with E-state index in [1.54, 1.807) is 30.3 Å². The average Bonchev–Trinajstić information content (AvgIpc) is 3.13. The SMILES string of the molecule is O=C(NCCS(=O)(=O)c1ccccc1)c1cnc(-c2ccccc2)s1. The van der Waals surface area contributed by atoms with Crippen molar-refractivity contribution in [2.24, 2.45) is 0 Å². The van der Waals surface area contributed by atoms with Crippen molar-refractivity contribution < 1.29 is 13.2 Å². The van der Waals surface area contributed by atoms with E-state index in [2.05, 4.69) is 10.3 Å². The van der Waals surface area contributed by atoms with Crippen molar-refractivity contribution in [3.05, 3.63) is 71.7 Å². The van der Waals surface area contributed by atoms with Crippen LogP contribution in [0.4, 0.5) is 0 Å². The van der Waals surface area contributed by atoms with Gasteiger partial charge in [-0.15, -0.1) is 11.3 Å². The maximum absolute atomic E-state index is 12.2. The number of sulfone groups is 1. The first-order valence-electron chi connectivity index (χ1n) is 7.63. The second kappa shape index (κ2) is 7.58. The Morgan fingerprint density at radius 3 is 2.32 bits per heavy atom. The van der Waals surface area contributed by atoms with E-state index in [-0.39, 0.29) is 23.1 Å². The molecule has 1 aromatic heterocycles. The van der Waals surface area contributed by atoms with Crippen LogP contribution in [0.25, 0.3) is 10.6 Å². The van der Waals surface area contributed by atoms with E-state index in [4.69, 9.17) is 0 Å². The van der Waals surface area contributed by atoms with E-state index in [1.807, 2.05) is 30.3 Å². The number of hydrogen-bond donors (Lipinski definition) is 1. The lowest BCUT2D eigenvalue weighted by atomic mass is 10.2. The molecule has 2 aromatic carbocycles. The Bertz CT molecular complexity index is 952. The van der Waals surface area contributed by atoms with E-state index in [1.165, 1.54) is 17.5 Å². The zero-order chi connectivity index (χ0) is 17.7. The summed E-state index contributed by atoms with van der Waals surface area (Å²) < 4.78 is 24.4. The third-order valence-electron chi connectivity index (χ3n) is 3.51. The number of carbonyl (C=O) groups is 1. The zero-order valence-electron chi connectivity index (χ0n) is 13.3. The van der Waals surface area contributed by atoms with Gasteiger partial charge in [0.2, 0.25) is 0 Å². The molecule has 0 bridgehead atoms. The molecule has 3 rings (SSSR count). The summed E-state index contributed by atoms with van der Waals surface area (Å²) in [6, 6.07) is 17.8. The summed E-state index contributed by atoms with van der Waals surface area (Å²) in [5.74, 6) is -0.462. The lowest BCUT2D eigenvalue weighted by Gasteiger charge is -2.05. The third kappa shape index (κ3) is 4.32. The number of carbonyl (C=O) groups excluding carboxylic acids is 1. The molecule has 5 nitrogen and oxygen atoms in total. The van der Waals surface area contributed by atoms with Gasteiger partial charge in [-0.3, -0.25) is 4.79 Å². The second-order valence-electron chi connectivity index (χ2n) is 5.28. The van der Waals surface area contributed by atoms with Crippen LogP contribution in [-0.2, 0) is 9.84 Å². The molecule has 1 heterocycles. The van der Waals surface area contributed by atoms with Gasteiger partial charge in [0.25, 0.3) is 5.91 Å². The number of nitrogens with one attached hydrogen (secondary N) is 1. The molecule has 0 atom stereocenters. The van der Waals surface area contributed by atoms with E-state index in [0.717, 1.165) is 10.6 Å². The van der Waals surface area contributed by atoms with Crippen LogP contribution in [0.15, 0.2) is 71.8 Å². The smallest absolute Gasteiger partial charge is 0.263 e. The van der Waals surface area contributed by atoms with E-state index < -0.39 is 9.84 Å². The first-order chi connectivity index (χ1) is 12.1. The molecule has 0 radical (unpaired) electrons. The lowest BCUT2D eigenvalue weighted by molar-refractivity contribution is 0.0960. The highest BCUT2D eigenvalue weighted by molar-refractivity contribution is 7.91. The van der Waals surface area contributed by atoms with Crippen LogP contribution < -0.4 is 5.32 Å². The molecule has 0 saturated heterocycles. The van der Waals surface area contributed by atoms with Gasteiger partial charge < -0.3 is 5.32 Å². The van der Waals surface area contributed by atoms with Gasteiger partial charge in [0.05, 0.1) is 16.8 Å². The topological polar surface area (TPSA) is 76.1 Å².